The number of pyridine rings is 1. The van der Waals surface area contributed by atoms with Crippen molar-refractivity contribution in [2.75, 3.05) is 10.5 Å². The average Bonchev–Trinajstić information content (AvgIpc) is 2.81. The van der Waals surface area contributed by atoms with E-state index < -0.39 is 10.0 Å². The molecule has 3 aromatic rings. The number of aromatic amines is 1. The zero-order valence-corrected chi connectivity index (χ0v) is 12.2. The number of nitrogens with two attached hydrogens (primary N) is 1. The van der Waals surface area contributed by atoms with Gasteiger partial charge in [0.2, 0.25) is 0 Å². The number of benzene rings is 1. The summed E-state index contributed by atoms with van der Waals surface area (Å²) >= 11 is 5.75. The SMILES string of the molecule is Nc1ccc2c(S(=O)(=O)Nc3cccc(Cl)n3)c[nH]c2c1. The lowest BCUT2D eigenvalue weighted by Gasteiger charge is -2.06. The van der Waals surface area contributed by atoms with Crippen LogP contribution in [0.2, 0.25) is 5.15 Å². The Morgan fingerprint density at radius 2 is 2.05 bits per heavy atom. The molecule has 4 N–H and O–H groups in total. The minimum atomic E-state index is -3.77. The topological polar surface area (TPSA) is 101 Å². The van der Waals surface area contributed by atoms with Gasteiger partial charge in [0.15, 0.2) is 0 Å². The summed E-state index contributed by atoms with van der Waals surface area (Å²) in [7, 11) is -3.77. The highest BCUT2D eigenvalue weighted by molar-refractivity contribution is 7.93. The van der Waals surface area contributed by atoms with Gasteiger partial charge in [0.1, 0.15) is 15.9 Å². The number of aromatic nitrogens is 2. The average molecular weight is 323 g/mol. The number of hydrogen-bond acceptors (Lipinski definition) is 4. The van der Waals surface area contributed by atoms with Gasteiger partial charge in [-0.1, -0.05) is 17.7 Å². The van der Waals surface area contributed by atoms with Crippen molar-refractivity contribution < 1.29 is 8.42 Å². The third-order valence-corrected chi connectivity index (χ3v) is 4.52. The molecule has 0 aliphatic carbocycles. The van der Waals surface area contributed by atoms with E-state index in [1.807, 2.05) is 0 Å². The van der Waals surface area contributed by atoms with Crippen LogP contribution in [0.4, 0.5) is 11.5 Å². The van der Waals surface area contributed by atoms with E-state index in [1.165, 1.54) is 12.3 Å². The molecule has 0 saturated heterocycles. The molecule has 2 heterocycles. The van der Waals surface area contributed by atoms with Crippen molar-refractivity contribution in [2.24, 2.45) is 0 Å². The Kier molecular flexibility index (Phi) is 3.23. The lowest BCUT2D eigenvalue weighted by molar-refractivity contribution is 0.602. The molecule has 1 aromatic carbocycles. The Labute approximate surface area is 126 Å². The molecule has 108 valence electrons. The van der Waals surface area contributed by atoms with E-state index in [0.717, 1.165) is 0 Å². The largest absolute Gasteiger partial charge is 0.399 e. The second-order valence-electron chi connectivity index (χ2n) is 4.41. The highest BCUT2D eigenvalue weighted by Crippen LogP contribution is 2.26. The Morgan fingerprint density at radius 3 is 2.81 bits per heavy atom. The van der Waals surface area contributed by atoms with Gasteiger partial charge < -0.3 is 10.7 Å². The number of nitrogens with one attached hydrogen (secondary N) is 2. The van der Waals surface area contributed by atoms with Crippen LogP contribution in [0.3, 0.4) is 0 Å². The summed E-state index contributed by atoms with van der Waals surface area (Å²) in [6.07, 6.45) is 1.41. The van der Waals surface area contributed by atoms with Crippen molar-refractivity contribution in [2.45, 2.75) is 4.90 Å². The molecule has 0 atom stereocenters. The quantitative estimate of drug-likeness (QED) is 0.509. The fourth-order valence-electron chi connectivity index (χ4n) is 2.00. The Morgan fingerprint density at radius 1 is 1.24 bits per heavy atom. The summed E-state index contributed by atoms with van der Waals surface area (Å²) < 4.78 is 27.2. The minimum absolute atomic E-state index is 0.124. The highest BCUT2D eigenvalue weighted by Gasteiger charge is 2.19. The van der Waals surface area contributed by atoms with E-state index in [-0.39, 0.29) is 15.9 Å². The van der Waals surface area contributed by atoms with Crippen molar-refractivity contribution in [3.63, 3.8) is 0 Å². The number of rotatable bonds is 3. The molecule has 0 aliphatic heterocycles. The lowest BCUT2D eigenvalue weighted by Crippen LogP contribution is -2.13. The standard InChI is InChI=1S/C13H11ClN4O2S/c14-12-2-1-3-13(17-12)18-21(19,20)11-7-16-10-6-8(15)4-5-9(10)11/h1-7,16H,15H2,(H,17,18). The molecule has 0 unspecified atom stereocenters. The maximum atomic E-state index is 12.4. The van der Waals surface area contributed by atoms with Crippen LogP contribution >= 0.6 is 11.6 Å². The van der Waals surface area contributed by atoms with Gasteiger partial charge in [-0.25, -0.2) is 13.4 Å². The summed E-state index contributed by atoms with van der Waals surface area (Å²) in [4.78, 5) is 6.92. The van der Waals surface area contributed by atoms with Gasteiger partial charge in [0, 0.05) is 22.8 Å². The molecule has 21 heavy (non-hydrogen) atoms. The van der Waals surface area contributed by atoms with E-state index in [9.17, 15) is 8.42 Å². The first-order valence-corrected chi connectivity index (χ1v) is 7.84. The number of hydrogen-bond donors (Lipinski definition) is 3. The lowest BCUT2D eigenvalue weighted by atomic mass is 10.2. The van der Waals surface area contributed by atoms with E-state index in [1.54, 1.807) is 30.3 Å². The summed E-state index contributed by atoms with van der Waals surface area (Å²) in [5, 5.41) is 0.764. The molecule has 2 aromatic heterocycles. The van der Waals surface area contributed by atoms with Crippen LogP contribution in [-0.2, 0) is 10.0 Å². The van der Waals surface area contributed by atoms with Crippen molar-refractivity contribution in [3.8, 4) is 0 Å². The number of H-pyrrole nitrogens is 1. The van der Waals surface area contributed by atoms with Gasteiger partial charge in [-0.05, 0) is 30.3 Å². The molecule has 8 heteroatoms. The fraction of sp³-hybridized carbons (Fsp3) is 0. The van der Waals surface area contributed by atoms with Crippen LogP contribution in [0, 0.1) is 0 Å². The van der Waals surface area contributed by atoms with E-state index in [4.69, 9.17) is 17.3 Å². The number of halogens is 1. The van der Waals surface area contributed by atoms with E-state index in [2.05, 4.69) is 14.7 Å². The second-order valence-corrected chi connectivity index (χ2v) is 6.45. The van der Waals surface area contributed by atoms with Crippen molar-refractivity contribution in [3.05, 3.63) is 47.7 Å². The molecule has 0 fully saturated rings. The number of nitrogens with zero attached hydrogens (tertiary/aromatic N) is 1. The smallest absolute Gasteiger partial charge is 0.265 e. The van der Waals surface area contributed by atoms with Crippen LogP contribution in [0.25, 0.3) is 10.9 Å². The van der Waals surface area contributed by atoms with Gasteiger partial charge in [-0.15, -0.1) is 0 Å². The van der Waals surface area contributed by atoms with Gasteiger partial charge in [0.25, 0.3) is 10.0 Å². The summed E-state index contributed by atoms with van der Waals surface area (Å²) in [5.74, 6) is 0.160. The van der Waals surface area contributed by atoms with Gasteiger partial charge in [-0.2, -0.15) is 0 Å². The number of anilines is 2. The summed E-state index contributed by atoms with van der Waals surface area (Å²) in [5.41, 5.74) is 6.87. The first-order chi connectivity index (χ1) is 9.95. The van der Waals surface area contributed by atoms with Gasteiger partial charge in [-0.3, -0.25) is 4.72 Å². The second kappa shape index (κ2) is 4.94. The molecule has 0 aliphatic rings. The number of sulfonamides is 1. The maximum Gasteiger partial charge on any atom is 0.265 e. The zero-order valence-electron chi connectivity index (χ0n) is 10.7. The first kappa shape index (κ1) is 13.7. The van der Waals surface area contributed by atoms with Crippen LogP contribution < -0.4 is 10.5 Å². The highest BCUT2D eigenvalue weighted by atomic mass is 35.5. The predicted octanol–water partition coefficient (Wildman–Crippen LogP) is 2.60. The molecular weight excluding hydrogens is 312 g/mol. The Bertz CT molecular complexity index is 921. The molecule has 0 amide bonds. The predicted molar refractivity (Wildman–Crippen MR) is 82.8 cm³/mol. The van der Waals surface area contributed by atoms with E-state index >= 15 is 0 Å². The maximum absolute atomic E-state index is 12.4. The minimum Gasteiger partial charge on any atom is -0.399 e. The summed E-state index contributed by atoms with van der Waals surface area (Å²) in [6, 6.07) is 9.67. The molecule has 0 radical (unpaired) electrons. The molecule has 0 spiro atoms. The van der Waals surface area contributed by atoms with Crippen LogP contribution in [0.5, 0.6) is 0 Å². The van der Waals surface area contributed by atoms with E-state index in [0.29, 0.717) is 16.6 Å². The summed E-state index contributed by atoms with van der Waals surface area (Å²) in [6.45, 7) is 0. The normalized spacial score (nSPS) is 11.7. The van der Waals surface area contributed by atoms with Crippen LogP contribution in [0.1, 0.15) is 0 Å². The van der Waals surface area contributed by atoms with Gasteiger partial charge in [0.05, 0.1) is 0 Å². The monoisotopic (exact) mass is 322 g/mol. The fourth-order valence-corrected chi connectivity index (χ4v) is 3.34. The third-order valence-electron chi connectivity index (χ3n) is 2.91. The Hall–Kier alpha value is -2.25. The van der Waals surface area contributed by atoms with Crippen molar-refractivity contribution >= 4 is 44.0 Å². The van der Waals surface area contributed by atoms with Crippen LogP contribution in [-0.4, -0.2) is 18.4 Å². The first-order valence-electron chi connectivity index (χ1n) is 5.98. The zero-order chi connectivity index (χ0) is 15.0. The number of nitrogen functional groups attached to an aromatic ring is 1. The third kappa shape index (κ3) is 2.65. The molecule has 6 nitrogen and oxygen atoms in total. The number of fused-ring (bicyclic) bond motifs is 1. The van der Waals surface area contributed by atoms with Crippen molar-refractivity contribution in [1.82, 2.24) is 9.97 Å². The molecular formula is C13H11ClN4O2S. The van der Waals surface area contributed by atoms with Gasteiger partial charge >= 0.3 is 0 Å². The molecule has 0 bridgehead atoms. The molecule has 3 rings (SSSR count). The Balaban J connectivity index is 2.04. The van der Waals surface area contributed by atoms with Crippen LogP contribution in [0.15, 0.2) is 47.5 Å². The molecule has 0 saturated carbocycles. The van der Waals surface area contributed by atoms with Crippen molar-refractivity contribution in [1.29, 1.82) is 0 Å².